The zero-order valence-electron chi connectivity index (χ0n) is 16.4. The van der Waals surface area contributed by atoms with Crippen LogP contribution in [0.4, 0.5) is 5.69 Å². The Hall–Kier alpha value is -2.84. The van der Waals surface area contributed by atoms with Crippen molar-refractivity contribution in [3.8, 4) is 10.4 Å². The van der Waals surface area contributed by atoms with Crippen molar-refractivity contribution in [2.75, 3.05) is 18.0 Å². The molecule has 1 nitrogen and oxygen atoms in total. The third-order valence-electron chi connectivity index (χ3n) is 5.21. The fourth-order valence-corrected chi connectivity index (χ4v) is 4.50. The van der Waals surface area contributed by atoms with E-state index in [1.807, 2.05) is 0 Å². The SMILES string of the molecule is CCN(CC)c1ccc(C=Cc2ccc3ccccc3c2-c2cccs2)cc1. The molecule has 140 valence electrons. The third kappa shape index (κ3) is 3.74. The van der Waals surface area contributed by atoms with E-state index in [0.717, 1.165) is 13.1 Å². The highest BCUT2D eigenvalue weighted by molar-refractivity contribution is 7.13. The summed E-state index contributed by atoms with van der Waals surface area (Å²) in [6, 6.07) is 26.3. The quantitative estimate of drug-likeness (QED) is 0.310. The molecule has 2 heteroatoms. The second-order valence-corrected chi connectivity index (χ2v) is 7.77. The van der Waals surface area contributed by atoms with Crippen molar-refractivity contribution in [2.24, 2.45) is 0 Å². The van der Waals surface area contributed by atoms with Crippen LogP contribution in [0.15, 0.2) is 78.2 Å². The molecule has 0 N–H and O–H groups in total. The van der Waals surface area contributed by atoms with Gasteiger partial charge in [-0.1, -0.05) is 66.7 Å². The van der Waals surface area contributed by atoms with Crippen LogP contribution >= 0.6 is 11.3 Å². The van der Waals surface area contributed by atoms with Crippen LogP contribution in [0.1, 0.15) is 25.0 Å². The van der Waals surface area contributed by atoms with Gasteiger partial charge in [0.25, 0.3) is 0 Å². The first-order valence-electron chi connectivity index (χ1n) is 9.89. The summed E-state index contributed by atoms with van der Waals surface area (Å²) < 4.78 is 0. The second-order valence-electron chi connectivity index (χ2n) is 6.83. The average Bonchev–Trinajstić information content (AvgIpc) is 3.28. The molecule has 0 unspecified atom stereocenters. The molecule has 1 heterocycles. The van der Waals surface area contributed by atoms with Gasteiger partial charge in [-0.2, -0.15) is 0 Å². The summed E-state index contributed by atoms with van der Waals surface area (Å²) in [5.74, 6) is 0. The first-order valence-corrected chi connectivity index (χ1v) is 10.8. The molecule has 0 aliphatic rings. The van der Waals surface area contributed by atoms with Gasteiger partial charge >= 0.3 is 0 Å². The summed E-state index contributed by atoms with van der Waals surface area (Å²) in [6.45, 7) is 6.46. The summed E-state index contributed by atoms with van der Waals surface area (Å²) >= 11 is 1.80. The Morgan fingerprint density at radius 2 is 1.57 bits per heavy atom. The highest BCUT2D eigenvalue weighted by Gasteiger charge is 2.09. The van der Waals surface area contributed by atoms with Gasteiger partial charge in [0.1, 0.15) is 0 Å². The molecule has 0 amide bonds. The van der Waals surface area contributed by atoms with Crippen LogP contribution in [-0.2, 0) is 0 Å². The smallest absolute Gasteiger partial charge is 0.0366 e. The lowest BCUT2D eigenvalue weighted by Gasteiger charge is -2.20. The fourth-order valence-electron chi connectivity index (χ4n) is 3.69. The Morgan fingerprint density at radius 3 is 2.29 bits per heavy atom. The van der Waals surface area contributed by atoms with Crippen LogP contribution in [0, 0.1) is 0 Å². The van der Waals surface area contributed by atoms with Gasteiger partial charge in [0.05, 0.1) is 0 Å². The molecule has 0 aliphatic heterocycles. The molecule has 0 saturated carbocycles. The molecule has 0 spiro atoms. The minimum absolute atomic E-state index is 1.03. The number of fused-ring (bicyclic) bond motifs is 1. The van der Waals surface area contributed by atoms with E-state index >= 15 is 0 Å². The van der Waals surface area contributed by atoms with E-state index < -0.39 is 0 Å². The topological polar surface area (TPSA) is 3.24 Å². The number of nitrogens with zero attached hydrogens (tertiary/aromatic N) is 1. The van der Waals surface area contributed by atoms with E-state index in [2.05, 4.69) is 109 Å². The van der Waals surface area contributed by atoms with Crippen molar-refractivity contribution < 1.29 is 0 Å². The highest BCUT2D eigenvalue weighted by atomic mass is 32.1. The van der Waals surface area contributed by atoms with Crippen molar-refractivity contribution in [1.82, 2.24) is 0 Å². The number of anilines is 1. The van der Waals surface area contributed by atoms with Crippen LogP contribution in [0.25, 0.3) is 33.4 Å². The lowest BCUT2D eigenvalue weighted by atomic mass is 9.97. The molecular weight excluding hydrogens is 358 g/mol. The van der Waals surface area contributed by atoms with Crippen LogP contribution in [0.2, 0.25) is 0 Å². The van der Waals surface area contributed by atoms with Gasteiger partial charge in [-0.15, -0.1) is 11.3 Å². The number of hydrogen-bond donors (Lipinski definition) is 0. The molecule has 1 aromatic heterocycles. The summed E-state index contributed by atoms with van der Waals surface area (Å²) in [5, 5.41) is 4.74. The van der Waals surface area contributed by atoms with Gasteiger partial charge in [-0.3, -0.25) is 0 Å². The first kappa shape index (κ1) is 18.5. The second kappa shape index (κ2) is 8.45. The monoisotopic (exact) mass is 383 g/mol. The molecule has 0 saturated heterocycles. The third-order valence-corrected chi connectivity index (χ3v) is 6.09. The Kier molecular flexibility index (Phi) is 5.59. The predicted octanol–water partition coefficient (Wildman–Crippen LogP) is 7.58. The summed E-state index contributed by atoms with van der Waals surface area (Å²) in [6.07, 6.45) is 4.46. The molecule has 4 aromatic rings. The van der Waals surface area contributed by atoms with E-state index in [-0.39, 0.29) is 0 Å². The van der Waals surface area contributed by atoms with Gasteiger partial charge in [0, 0.05) is 29.2 Å². The van der Waals surface area contributed by atoms with Crippen LogP contribution < -0.4 is 4.90 Å². The number of rotatable bonds is 6. The van der Waals surface area contributed by atoms with Gasteiger partial charge in [-0.25, -0.2) is 0 Å². The van der Waals surface area contributed by atoms with E-state index in [1.165, 1.54) is 38.0 Å². The minimum atomic E-state index is 1.03. The molecule has 0 atom stereocenters. The standard InChI is InChI=1S/C26H25NS/c1-3-27(4-2)23-17-12-20(13-18-23)11-14-22-16-15-21-8-5-6-9-24(21)26(22)25-10-7-19-28-25/h5-19H,3-4H2,1-2H3. The normalized spacial score (nSPS) is 11.4. The molecule has 0 bridgehead atoms. The zero-order chi connectivity index (χ0) is 19.3. The maximum absolute atomic E-state index is 2.37. The van der Waals surface area contributed by atoms with E-state index in [4.69, 9.17) is 0 Å². The van der Waals surface area contributed by atoms with Crippen molar-refractivity contribution in [1.29, 1.82) is 0 Å². The largest absolute Gasteiger partial charge is 0.372 e. The molecular formula is C26H25NS. The summed E-state index contributed by atoms with van der Waals surface area (Å²) in [4.78, 5) is 3.68. The molecule has 4 rings (SSSR count). The number of hydrogen-bond acceptors (Lipinski definition) is 2. The average molecular weight is 384 g/mol. The Balaban J connectivity index is 1.71. The Morgan fingerprint density at radius 1 is 0.786 bits per heavy atom. The molecule has 0 fully saturated rings. The van der Waals surface area contributed by atoms with E-state index in [9.17, 15) is 0 Å². The first-order chi connectivity index (χ1) is 13.8. The molecule has 28 heavy (non-hydrogen) atoms. The lowest BCUT2D eigenvalue weighted by molar-refractivity contribution is 0.866. The van der Waals surface area contributed by atoms with Gasteiger partial charge in [-0.05, 0) is 59.3 Å². The molecule has 0 aliphatic carbocycles. The zero-order valence-corrected chi connectivity index (χ0v) is 17.2. The van der Waals surface area contributed by atoms with Crippen LogP contribution in [0.5, 0.6) is 0 Å². The summed E-state index contributed by atoms with van der Waals surface area (Å²) in [5.41, 5.74) is 5.09. The van der Waals surface area contributed by atoms with Crippen LogP contribution in [-0.4, -0.2) is 13.1 Å². The van der Waals surface area contributed by atoms with Gasteiger partial charge < -0.3 is 4.90 Å². The predicted molar refractivity (Wildman–Crippen MR) is 126 cm³/mol. The lowest BCUT2D eigenvalue weighted by Crippen LogP contribution is -2.21. The van der Waals surface area contributed by atoms with Crippen molar-refractivity contribution in [3.05, 3.63) is 89.3 Å². The Labute approximate surface area is 171 Å². The Bertz CT molecular complexity index is 1070. The van der Waals surface area contributed by atoms with E-state index in [0.29, 0.717) is 0 Å². The molecule has 3 aromatic carbocycles. The molecule has 0 radical (unpaired) electrons. The highest BCUT2D eigenvalue weighted by Crippen LogP contribution is 2.36. The summed E-state index contributed by atoms with van der Waals surface area (Å²) in [7, 11) is 0. The maximum Gasteiger partial charge on any atom is 0.0366 e. The van der Waals surface area contributed by atoms with Gasteiger partial charge in [0.2, 0.25) is 0 Å². The maximum atomic E-state index is 2.37. The minimum Gasteiger partial charge on any atom is -0.372 e. The van der Waals surface area contributed by atoms with Gasteiger partial charge in [0.15, 0.2) is 0 Å². The van der Waals surface area contributed by atoms with Crippen molar-refractivity contribution in [3.63, 3.8) is 0 Å². The number of benzene rings is 3. The van der Waals surface area contributed by atoms with Crippen molar-refractivity contribution in [2.45, 2.75) is 13.8 Å². The van der Waals surface area contributed by atoms with Crippen LogP contribution in [0.3, 0.4) is 0 Å². The fraction of sp³-hybridized carbons (Fsp3) is 0.154. The van der Waals surface area contributed by atoms with E-state index in [1.54, 1.807) is 11.3 Å². The number of thiophene rings is 1. The van der Waals surface area contributed by atoms with Crippen molar-refractivity contribution >= 4 is 39.9 Å².